The van der Waals surface area contributed by atoms with E-state index in [0.717, 1.165) is 31.6 Å². The number of carbonyl (C=O) groups is 1. The number of amides is 1. The van der Waals surface area contributed by atoms with Crippen molar-refractivity contribution in [3.63, 3.8) is 0 Å². The van der Waals surface area contributed by atoms with E-state index in [1.807, 2.05) is 0 Å². The van der Waals surface area contributed by atoms with Crippen molar-refractivity contribution in [1.82, 2.24) is 5.32 Å². The maximum absolute atomic E-state index is 13.6. The molecule has 7 heteroatoms. The predicted octanol–water partition coefficient (Wildman–Crippen LogP) is 2.54. The highest BCUT2D eigenvalue weighted by molar-refractivity contribution is 6.31. The fourth-order valence-electron chi connectivity index (χ4n) is 2.02. The predicted molar refractivity (Wildman–Crippen MR) is 73.5 cm³/mol. The monoisotopic (exact) mass is 319 g/mol. The van der Waals surface area contributed by atoms with Crippen LogP contribution in [-0.4, -0.2) is 38.4 Å². The average Bonchev–Trinajstić information content (AvgIpc) is 2.97. The lowest BCUT2D eigenvalue weighted by Gasteiger charge is -2.11. The summed E-state index contributed by atoms with van der Waals surface area (Å²) in [5.74, 6) is -2.62. The summed E-state index contributed by atoms with van der Waals surface area (Å²) in [6, 6.07) is 2.01. The summed E-state index contributed by atoms with van der Waals surface area (Å²) in [6.07, 6.45) is 2.13. The quantitative estimate of drug-likeness (QED) is 0.647. The van der Waals surface area contributed by atoms with Gasteiger partial charge in [0, 0.05) is 13.2 Å². The van der Waals surface area contributed by atoms with Crippen molar-refractivity contribution < 1.29 is 23.0 Å². The lowest BCUT2D eigenvalue weighted by atomic mass is 10.2. The van der Waals surface area contributed by atoms with Crippen molar-refractivity contribution in [2.45, 2.75) is 18.9 Å². The van der Waals surface area contributed by atoms with Gasteiger partial charge < -0.3 is 14.8 Å². The number of halogens is 3. The standard InChI is InChI=1S/C14H16ClF2NO3/c15-12-11(16)4-3-10(13(12)17)14(19)18-5-7-20-8-9-2-1-6-21-9/h3-4,9H,1-2,5-8H2,(H,18,19)/t9-/m0/s1. The molecule has 0 bridgehead atoms. The molecule has 1 amide bonds. The topological polar surface area (TPSA) is 47.6 Å². The molecule has 1 atom stereocenters. The highest BCUT2D eigenvalue weighted by Gasteiger charge is 2.17. The van der Waals surface area contributed by atoms with Crippen molar-refractivity contribution in [3.8, 4) is 0 Å². The molecule has 2 rings (SSSR count). The second-order valence-electron chi connectivity index (χ2n) is 4.69. The normalized spacial score (nSPS) is 18.0. The highest BCUT2D eigenvalue weighted by atomic mass is 35.5. The van der Waals surface area contributed by atoms with Gasteiger partial charge in [0.05, 0.1) is 24.9 Å². The van der Waals surface area contributed by atoms with E-state index >= 15 is 0 Å². The van der Waals surface area contributed by atoms with E-state index in [1.54, 1.807) is 0 Å². The van der Waals surface area contributed by atoms with Crippen LogP contribution >= 0.6 is 11.6 Å². The van der Waals surface area contributed by atoms with Gasteiger partial charge in [-0.15, -0.1) is 0 Å². The maximum Gasteiger partial charge on any atom is 0.254 e. The van der Waals surface area contributed by atoms with Crippen LogP contribution in [0.5, 0.6) is 0 Å². The Balaban J connectivity index is 1.73. The Hall–Kier alpha value is -1.24. The third-order valence-electron chi connectivity index (χ3n) is 3.14. The lowest BCUT2D eigenvalue weighted by molar-refractivity contribution is 0.0183. The number of ether oxygens (including phenoxy) is 2. The Morgan fingerprint density at radius 1 is 1.48 bits per heavy atom. The van der Waals surface area contributed by atoms with Gasteiger partial charge in [-0.3, -0.25) is 4.79 Å². The number of nitrogens with one attached hydrogen (secondary N) is 1. The van der Waals surface area contributed by atoms with E-state index in [-0.39, 0.29) is 18.2 Å². The second-order valence-corrected chi connectivity index (χ2v) is 5.07. The fraction of sp³-hybridized carbons (Fsp3) is 0.500. The zero-order chi connectivity index (χ0) is 15.2. The molecular formula is C14H16ClF2NO3. The Kier molecular flexibility index (Phi) is 5.90. The second kappa shape index (κ2) is 7.68. The molecule has 1 aliphatic heterocycles. The van der Waals surface area contributed by atoms with E-state index in [9.17, 15) is 13.6 Å². The van der Waals surface area contributed by atoms with Gasteiger partial charge in [0.25, 0.3) is 5.91 Å². The van der Waals surface area contributed by atoms with Crippen LogP contribution in [0.2, 0.25) is 5.02 Å². The maximum atomic E-state index is 13.6. The molecule has 1 fully saturated rings. The van der Waals surface area contributed by atoms with E-state index in [4.69, 9.17) is 21.1 Å². The molecule has 1 saturated heterocycles. The first-order chi connectivity index (χ1) is 10.1. The molecule has 0 aliphatic carbocycles. The summed E-state index contributed by atoms with van der Waals surface area (Å²) in [4.78, 5) is 11.7. The summed E-state index contributed by atoms with van der Waals surface area (Å²) in [7, 11) is 0. The first-order valence-electron chi connectivity index (χ1n) is 6.70. The molecule has 0 spiro atoms. The van der Waals surface area contributed by atoms with Crippen LogP contribution in [0.25, 0.3) is 0 Å². The van der Waals surface area contributed by atoms with E-state index in [2.05, 4.69) is 5.32 Å². The molecule has 116 valence electrons. The Morgan fingerprint density at radius 2 is 2.29 bits per heavy atom. The van der Waals surface area contributed by atoms with E-state index in [0.29, 0.717) is 13.2 Å². The number of hydrogen-bond acceptors (Lipinski definition) is 3. The van der Waals surface area contributed by atoms with Crippen molar-refractivity contribution >= 4 is 17.5 Å². The van der Waals surface area contributed by atoms with Gasteiger partial charge in [-0.1, -0.05) is 11.6 Å². The third kappa shape index (κ3) is 4.36. The van der Waals surface area contributed by atoms with Crippen LogP contribution in [0.4, 0.5) is 8.78 Å². The van der Waals surface area contributed by atoms with Gasteiger partial charge >= 0.3 is 0 Å². The first kappa shape index (κ1) is 16.1. The molecule has 1 aromatic carbocycles. The highest BCUT2D eigenvalue weighted by Crippen LogP contribution is 2.21. The van der Waals surface area contributed by atoms with Crippen molar-refractivity contribution in [2.75, 3.05) is 26.4 Å². The first-order valence-corrected chi connectivity index (χ1v) is 7.08. The smallest absolute Gasteiger partial charge is 0.254 e. The Labute approximate surface area is 126 Å². The zero-order valence-corrected chi connectivity index (χ0v) is 12.1. The van der Waals surface area contributed by atoms with E-state index < -0.39 is 22.6 Å². The zero-order valence-electron chi connectivity index (χ0n) is 11.3. The van der Waals surface area contributed by atoms with Gasteiger partial charge in [0.15, 0.2) is 5.82 Å². The van der Waals surface area contributed by atoms with Crippen LogP contribution in [0.15, 0.2) is 12.1 Å². The number of rotatable bonds is 6. The summed E-state index contributed by atoms with van der Waals surface area (Å²) in [6.45, 7) is 1.75. The fourth-order valence-corrected chi connectivity index (χ4v) is 2.19. The summed E-state index contributed by atoms with van der Waals surface area (Å²) in [5, 5.41) is 1.80. The number of hydrogen-bond donors (Lipinski definition) is 1. The summed E-state index contributed by atoms with van der Waals surface area (Å²) in [5.41, 5.74) is -0.291. The number of benzene rings is 1. The molecule has 0 aromatic heterocycles. The van der Waals surface area contributed by atoms with Gasteiger partial charge in [0.2, 0.25) is 0 Å². The molecule has 0 radical (unpaired) electrons. The van der Waals surface area contributed by atoms with Crippen LogP contribution in [0.1, 0.15) is 23.2 Å². The molecule has 0 unspecified atom stereocenters. The van der Waals surface area contributed by atoms with Crippen molar-refractivity contribution in [1.29, 1.82) is 0 Å². The van der Waals surface area contributed by atoms with E-state index in [1.165, 1.54) is 0 Å². The lowest BCUT2D eigenvalue weighted by Crippen LogP contribution is -2.29. The Bertz CT molecular complexity index is 507. The number of carbonyl (C=O) groups excluding carboxylic acids is 1. The average molecular weight is 320 g/mol. The molecule has 0 saturated carbocycles. The minimum atomic E-state index is -1.06. The SMILES string of the molecule is O=C(NCCOC[C@@H]1CCCO1)c1ccc(F)c(Cl)c1F. The molecule has 4 nitrogen and oxygen atoms in total. The van der Waals surface area contributed by atoms with Gasteiger partial charge in [-0.2, -0.15) is 0 Å². The molecule has 21 heavy (non-hydrogen) atoms. The van der Waals surface area contributed by atoms with Crippen LogP contribution in [0.3, 0.4) is 0 Å². The molecule has 1 N–H and O–H groups in total. The van der Waals surface area contributed by atoms with Crippen LogP contribution in [-0.2, 0) is 9.47 Å². The summed E-state index contributed by atoms with van der Waals surface area (Å²) < 4.78 is 37.3. The minimum Gasteiger partial charge on any atom is -0.377 e. The van der Waals surface area contributed by atoms with Gasteiger partial charge in [-0.05, 0) is 25.0 Å². The minimum absolute atomic E-state index is 0.119. The molecule has 1 aliphatic rings. The largest absolute Gasteiger partial charge is 0.377 e. The van der Waals surface area contributed by atoms with Crippen molar-refractivity contribution in [2.24, 2.45) is 0 Å². The van der Waals surface area contributed by atoms with Crippen LogP contribution in [0, 0.1) is 11.6 Å². The molecule has 1 aromatic rings. The van der Waals surface area contributed by atoms with Gasteiger partial charge in [0.1, 0.15) is 10.8 Å². The molecular weight excluding hydrogens is 304 g/mol. The summed E-state index contributed by atoms with van der Waals surface area (Å²) >= 11 is 5.41. The van der Waals surface area contributed by atoms with Gasteiger partial charge in [-0.25, -0.2) is 8.78 Å². The Morgan fingerprint density at radius 3 is 3.00 bits per heavy atom. The third-order valence-corrected chi connectivity index (χ3v) is 3.49. The van der Waals surface area contributed by atoms with Crippen molar-refractivity contribution in [3.05, 3.63) is 34.4 Å². The van der Waals surface area contributed by atoms with Crippen LogP contribution < -0.4 is 5.32 Å². The molecule has 1 heterocycles.